The minimum Gasteiger partial charge on any atom is -0.424 e. The van der Waals surface area contributed by atoms with Crippen LogP contribution < -0.4 is 30.5 Å². The summed E-state index contributed by atoms with van der Waals surface area (Å²) < 4.78 is 17.8. The Balaban J connectivity index is 1.02. The molecular formula is C45H30N12O12. The highest BCUT2D eigenvalue weighted by atomic mass is 16.6. The summed E-state index contributed by atoms with van der Waals surface area (Å²) in [6.45, 7) is 0. The molecule has 3 N–H and O–H groups in total. The molecule has 0 saturated carbocycles. The number of nitro groups is 3. The first-order chi connectivity index (χ1) is 33.3. The number of hydrogen-bond acceptors (Lipinski definition) is 18. The van der Waals surface area contributed by atoms with Gasteiger partial charge in [0.2, 0.25) is 0 Å². The Morgan fingerprint density at radius 3 is 0.841 bits per heavy atom. The highest BCUT2D eigenvalue weighted by molar-refractivity contribution is 5.96. The number of rotatable bonds is 18. The Kier molecular flexibility index (Phi) is 14.7. The van der Waals surface area contributed by atoms with Crippen LogP contribution in [0.4, 0.5) is 17.1 Å². The lowest BCUT2D eigenvalue weighted by Gasteiger charge is -2.10. The third-order valence-corrected chi connectivity index (χ3v) is 9.00. The molecule has 1 aromatic heterocycles. The van der Waals surface area contributed by atoms with Gasteiger partial charge in [-0.05, 0) is 126 Å². The Morgan fingerprint density at radius 2 is 0.623 bits per heavy atom. The molecule has 0 aliphatic rings. The van der Waals surface area contributed by atoms with E-state index in [0.29, 0.717) is 16.7 Å². The second kappa shape index (κ2) is 21.8. The van der Waals surface area contributed by atoms with Gasteiger partial charge in [0.25, 0.3) is 34.8 Å². The van der Waals surface area contributed by atoms with Crippen molar-refractivity contribution in [1.82, 2.24) is 31.2 Å². The van der Waals surface area contributed by atoms with E-state index in [9.17, 15) is 44.7 Å². The van der Waals surface area contributed by atoms with Gasteiger partial charge < -0.3 is 14.2 Å². The predicted octanol–water partition coefficient (Wildman–Crippen LogP) is 7.26. The van der Waals surface area contributed by atoms with E-state index in [4.69, 9.17) is 14.2 Å². The molecule has 24 heteroatoms. The van der Waals surface area contributed by atoms with Gasteiger partial charge in [0.05, 0.1) is 33.4 Å². The van der Waals surface area contributed by atoms with E-state index in [1.54, 1.807) is 72.8 Å². The zero-order valence-corrected chi connectivity index (χ0v) is 35.0. The second-order valence-corrected chi connectivity index (χ2v) is 13.7. The number of carbonyl (C=O) groups excluding carboxylic acids is 3. The van der Waals surface area contributed by atoms with Gasteiger partial charge in [-0.15, -0.1) is 15.0 Å². The van der Waals surface area contributed by atoms with Gasteiger partial charge in [-0.2, -0.15) is 15.3 Å². The van der Waals surface area contributed by atoms with Gasteiger partial charge in [0, 0.05) is 53.1 Å². The zero-order valence-electron chi connectivity index (χ0n) is 35.0. The van der Waals surface area contributed by atoms with Crippen molar-refractivity contribution in [1.29, 1.82) is 0 Å². The van der Waals surface area contributed by atoms with Gasteiger partial charge in [0.15, 0.2) is 0 Å². The summed E-state index contributed by atoms with van der Waals surface area (Å²) in [5.74, 6) is -0.895. The van der Waals surface area contributed by atoms with Crippen LogP contribution in [0.25, 0.3) is 0 Å². The molecule has 0 aliphatic carbocycles. The summed E-state index contributed by atoms with van der Waals surface area (Å²) >= 11 is 0. The number of hydrogen-bond donors (Lipinski definition) is 3. The number of hydrazone groups is 3. The van der Waals surface area contributed by atoms with E-state index in [2.05, 4.69) is 46.5 Å². The van der Waals surface area contributed by atoms with Crippen LogP contribution >= 0.6 is 0 Å². The van der Waals surface area contributed by atoms with E-state index in [0.717, 1.165) is 0 Å². The molecule has 0 bridgehead atoms. The van der Waals surface area contributed by atoms with Crippen molar-refractivity contribution in [2.24, 2.45) is 15.3 Å². The molecule has 0 fully saturated rings. The van der Waals surface area contributed by atoms with Crippen LogP contribution in [0, 0.1) is 30.3 Å². The van der Waals surface area contributed by atoms with Crippen molar-refractivity contribution in [3.05, 3.63) is 209 Å². The number of carbonyl (C=O) groups is 3. The Labute approximate surface area is 387 Å². The molecule has 6 aromatic carbocycles. The minimum absolute atomic E-state index is 0.157. The molecule has 0 spiro atoms. The average molecular weight is 931 g/mol. The quantitative estimate of drug-likeness (QED) is 0.0433. The van der Waals surface area contributed by atoms with Crippen LogP contribution in [0.15, 0.2) is 161 Å². The first-order valence-corrected chi connectivity index (χ1v) is 19.7. The molecule has 0 saturated heterocycles. The summed E-state index contributed by atoms with van der Waals surface area (Å²) in [5.41, 5.74) is 8.81. The minimum atomic E-state index is -0.575. The molecule has 0 aliphatic heterocycles. The summed E-state index contributed by atoms with van der Waals surface area (Å²) in [4.78, 5) is 81.0. The summed E-state index contributed by atoms with van der Waals surface area (Å²) in [7, 11) is 0. The molecule has 0 atom stereocenters. The number of benzene rings is 6. The number of nitrogens with zero attached hydrogens (tertiary/aromatic N) is 9. The standard InChI is InChI=1S/C45H30N12O12/c58-40(31-7-13-34(14-8-31)55(61)62)52-46-25-28-1-19-37(20-2-28)67-43-49-44(68-38-21-3-29(4-22-38)26-47-53-41(59)32-9-15-35(16-10-32)56(63)64)51-45(50-43)69-39-23-5-30(6-24-39)27-48-54-42(60)33-11-17-36(18-12-33)57(65)66/h1-27H,(H,52,58)(H,53,59)(H,54,60)/b46-25+,47-26+,48-27+. The third kappa shape index (κ3) is 13.2. The van der Waals surface area contributed by atoms with E-state index in [1.807, 2.05) is 0 Å². The van der Waals surface area contributed by atoms with Crippen molar-refractivity contribution < 1.29 is 43.4 Å². The highest BCUT2D eigenvalue weighted by Gasteiger charge is 2.15. The van der Waals surface area contributed by atoms with Crippen molar-refractivity contribution in [3.63, 3.8) is 0 Å². The monoisotopic (exact) mass is 930 g/mol. The van der Waals surface area contributed by atoms with E-state index < -0.39 is 32.5 Å². The van der Waals surface area contributed by atoms with Crippen LogP contribution in [0.3, 0.4) is 0 Å². The number of amides is 3. The van der Waals surface area contributed by atoms with Crippen LogP contribution in [0.5, 0.6) is 35.3 Å². The Hall–Kier alpha value is -10.7. The molecule has 69 heavy (non-hydrogen) atoms. The summed E-state index contributed by atoms with van der Waals surface area (Å²) in [5, 5.41) is 44.5. The largest absolute Gasteiger partial charge is 0.424 e. The maximum Gasteiger partial charge on any atom is 0.331 e. The van der Waals surface area contributed by atoms with Crippen LogP contribution in [0.2, 0.25) is 0 Å². The van der Waals surface area contributed by atoms with Gasteiger partial charge >= 0.3 is 18.0 Å². The lowest BCUT2D eigenvalue weighted by atomic mass is 10.2. The summed E-state index contributed by atoms with van der Waals surface area (Å²) in [6.07, 6.45) is 4.12. The summed E-state index contributed by atoms with van der Waals surface area (Å²) in [6, 6.07) is 33.6. The number of aromatic nitrogens is 3. The molecule has 0 unspecified atom stereocenters. The number of ether oxygens (including phenoxy) is 3. The van der Waals surface area contributed by atoms with E-state index in [-0.39, 0.29) is 69.0 Å². The highest BCUT2D eigenvalue weighted by Crippen LogP contribution is 2.27. The average Bonchev–Trinajstić information content (AvgIpc) is 3.35. The molecule has 24 nitrogen and oxygen atoms in total. The fraction of sp³-hybridized carbons (Fsp3) is 0. The number of non-ortho nitro benzene ring substituents is 3. The SMILES string of the molecule is O=C(N/N=C/c1ccc(Oc2nc(Oc3ccc(/C=N/NC(=O)c4ccc([N+](=O)[O-])cc4)cc3)nc(Oc3ccc(/C=N/NC(=O)c4ccc([N+](=O)[O-])cc4)cc3)n2)cc1)c1ccc([N+](=O)[O-])cc1. The van der Waals surface area contributed by atoms with Gasteiger partial charge in [-0.25, -0.2) is 16.3 Å². The van der Waals surface area contributed by atoms with Crippen LogP contribution in [-0.4, -0.2) is 66.1 Å². The van der Waals surface area contributed by atoms with Crippen LogP contribution in [0.1, 0.15) is 47.8 Å². The molecule has 7 rings (SSSR count). The normalized spacial score (nSPS) is 11.0. The number of nitro benzene ring substituents is 3. The molecule has 1 heterocycles. The van der Waals surface area contributed by atoms with Crippen molar-refractivity contribution in [2.75, 3.05) is 0 Å². The number of nitrogens with one attached hydrogen (secondary N) is 3. The van der Waals surface area contributed by atoms with Crippen LogP contribution in [-0.2, 0) is 0 Å². The van der Waals surface area contributed by atoms with Crippen molar-refractivity contribution in [3.8, 4) is 35.3 Å². The predicted molar refractivity (Wildman–Crippen MR) is 244 cm³/mol. The molecule has 0 radical (unpaired) electrons. The van der Waals surface area contributed by atoms with Gasteiger partial charge in [-0.1, -0.05) is 0 Å². The smallest absolute Gasteiger partial charge is 0.331 e. The van der Waals surface area contributed by atoms with Crippen molar-refractivity contribution in [2.45, 2.75) is 0 Å². The lowest BCUT2D eigenvalue weighted by molar-refractivity contribution is -0.385. The maximum atomic E-state index is 12.4. The molecule has 3 amide bonds. The fourth-order valence-corrected chi connectivity index (χ4v) is 5.53. The molecule has 7 aromatic rings. The molecular weight excluding hydrogens is 901 g/mol. The van der Waals surface area contributed by atoms with Gasteiger partial charge in [-0.3, -0.25) is 44.7 Å². The fourth-order valence-electron chi connectivity index (χ4n) is 5.53. The van der Waals surface area contributed by atoms with Gasteiger partial charge in [0.1, 0.15) is 17.2 Å². The first kappa shape index (κ1) is 46.3. The zero-order chi connectivity index (χ0) is 48.7. The topological polar surface area (TPSA) is 320 Å². The second-order valence-electron chi connectivity index (χ2n) is 13.7. The lowest BCUT2D eigenvalue weighted by Crippen LogP contribution is -2.17. The maximum absolute atomic E-state index is 12.4. The third-order valence-electron chi connectivity index (χ3n) is 9.00. The molecule has 342 valence electrons. The van der Waals surface area contributed by atoms with E-state index >= 15 is 0 Å². The van der Waals surface area contributed by atoms with E-state index in [1.165, 1.54) is 91.4 Å². The Morgan fingerprint density at radius 1 is 0.391 bits per heavy atom. The Bertz CT molecular complexity index is 2770. The van der Waals surface area contributed by atoms with Crippen molar-refractivity contribution >= 4 is 53.4 Å². The first-order valence-electron chi connectivity index (χ1n) is 19.7.